The van der Waals surface area contributed by atoms with E-state index in [1.54, 1.807) is 0 Å². The molecule has 0 aliphatic carbocycles. The van der Waals surface area contributed by atoms with Gasteiger partial charge in [0.2, 0.25) is 0 Å². The van der Waals surface area contributed by atoms with Crippen molar-refractivity contribution >= 4 is 0 Å². The third-order valence-corrected chi connectivity index (χ3v) is 3.52. The largest absolute Gasteiger partial charge is 0.313 e. The molecular weight excluding hydrogens is 230 g/mol. The molecule has 0 aromatic heterocycles. The number of hydrogen-bond donors (Lipinski definition) is 1. The molecule has 0 amide bonds. The van der Waals surface area contributed by atoms with E-state index in [9.17, 15) is 0 Å². The fourth-order valence-electron chi connectivity index (χ4n) is 2.39. The van der Waals surface area contributed by atoms with Gasteiger partial charge in [-0.1, -0.05) is 56.3 Å². The van der Waals surface area contributed by atoms with E-state index in [2.05, 4.69) is 68.6 Å². The van der Waals surface area contributed by atoms with Gasteiger partial charge >= 0.3 is 0 Å². The average molecular weight is 253 g/mol. The van der Waals surface area contributed by atoms with Gasteiger partial charge < -0.3 is 5.32 Å². The van der Waals surface area contributed by atoms with E-state index in [-0.39, 0.29) is 0 Å². The van der Waals surface area contributed by atoms with Crippen LogP contribution >= 0.6 is 0 Å². The molecule has 1 N–H and O–H groups in total. The summed E-state index contributed by atoms with van der Waals surface area (Å²) in [6.45, 7) is 8.50. The molecule has 0 unspecified atom stereocenters. The van der Waals surface area contributed by atoms with Crippen molar-refractivity contribution in [3.8, 4) is 11.1 Å². The quantitative estimate of drug-likeness (QED) is 0.836. The zero-order chi connectivity index (χ0) is 13.7. The molecule has 0 aliphatic heterocycles. The lowest BCUT2D eigenvalue weighted by Crippen LogP contribution is -2.11. The first kappa shape index (κ1) is 13.8. The van der Waals surface area contributed by atoms with Crippen LogP contribution in [0.4, 0.5) is 0 Å². The first-order valence-electron chi connectivity index (χ1n) is 7.14. The number of nitrogens with one attached hydrogen (secondary N) is 1. The van der Waals surface area contributed by atoms with Gasteiger partial charge in [-0.05, 0) is 47.7 Å². The standard InChI is InChI=1S/C18H23N/c1-4-15-7-6-8-17(12-15)18-10-9-16(11-14(18)3)13-19-5-2/h6-12,19H,4-5,13H2,1-3H3. The Morgan fingerprint density at radius 2 is 1.79 bits per heavy atom. The van der Waals surface area contributed by atoms with Crippen LogP contribution in [0.1, 0.15) is 30.5 Å². The summed E-state index contributed by atoms with van der Waals surface area (Å²) in [4.78, 5) is 0. The Morgan fingerprint density at radius 1 is 0.947 bits per heavy atom. The second kappa shape index (κ2) is 6.53. The number of aryl methyl sites for hydroxylation is 2. The first-order valence-corrected chi connectivity index (χ1v) is 7.14. The van der Waals surface area contributed by atoms with Crippen LogP contribution in [0.15, 0.2) is 42.5 Å². The molecule has 0 spiro atoms. The maximum absolute atomic E-state index is 3.37. The number of rotatable bonds is 5. The van der Waals surface area contributed by atoms with Gasteiger partial charge in [-0.25, -0.2) is 0 Å². The SMILES string of the molecule is CCNCc1ccc(-c2cccc(CC)c2)c(C)c1. The van der Waals surface area contributed by atoms with E-state index in [4.69, 9.17) is 0 Å². The molecule has 0 fully saturated rings. The number of hydrogen-bond acceptors (Lipinski definition) is 1. The van der Waals surface area contributed by atoms with E-state index in [0.29, 0.717) is 0 Å². The minimum Gasteiger partial charge on any atom is -0.313 e. The molecule has 0 aliphatic rings. The maximum Gasteiger partial charge on any atom is 0.0205 e. The molecule has 1 nitrogen and oxygen atoms in total. The molecule has 0 radical (unpaired) electrons. The molecule has 100 valence electrons. The van der Waals surface area contributed by atoms with E-state index < -0.39 is 0 Å². The highest BCUT2D eigenvalue weighted by Crippen LogP contribution is 2.25. The van der Waals surface area contributed by atoms with Gasteiger partial charge in [0, 0.05) is 6.54 Å². The van der Waals surface area contributed by atoms with Gasteiger partial charge in [-0.3, -0.25) is 0 Å². The third-order valence-electron chi connectivity index (χ3n) is 3.52. The van der Waals surface area contributed by atoms with Gasteiger partial charge in [0.25, 0.3) is 0 Å². The van der Waals surface area contributed by atoms with E-state index in [1.165, 1.54) is 27.8 Å². The van der Waals surface area contributed by atoms with Gasteiger partial charge in [0.1, 0.15) is 0 Å². The second-order valence-electron chi connectivity index (χ2n) is 4.98. The molecule has 0 saturated carbocycles. The van der Waals surface area contributed by atoms with Crippen LogP contribution in [-0.4, -0.2) is 6.54 Å². The summed E-state index contributed by atoms with van der Waals surface area (Å²) in [7, 11) is 0. The van der Waals surface area contributed by atoms with Crippen molar-refractivity contribution in [1.29, 1.82) is 0 Å². The maximum atomic E-state index is 3.37. The third kappa shape index (κ3) is 3.45. The van der Waals surface area contributed by atoms with Crippen molar-refractivity contribution in [3.05, 3.63) is 59.2 Å². The van der Waals surface area contributed by atoms with Crippen LogP contribution in [0.3, 0.4) is 0 Å². The summed E-state index contributed by atoms with van der Waals surface area (Å²) >= 11 is 0. The molecule has 0 bridgehead atoms. The van der Waals surface area contributed by atoms with Crippen LogP contribution in [-0.2, 0) is 13.0 Å². The molecule has 0 saturated heterocycles. The summed E-state index contributed by atoms with van der Waals surface area (Å²) in [6, 6.07) is 15.6. The van der Waals surface area contributed by atoms with Gasteiger partial charge in [-0.15, -0.1) is 0 Å². The zero-order valence-corrected chi connectivity index (χ0v) is 12.2. The predicted octanol–water partition coefficient (Wildman–Crippen LogP) is 4.33. The summed E-state index contributed by atoms with van der Waals surface area (Å²) in [5, 5.41) is 3.37. The van der Waals surface area contributed by atoms with Gasteiger partial charge in [0.05, 0.1) is 0 Å². The predicted molar refractivity (Wildman–Crippen MR) is 83.4 cm³/mol. The normalized spacial score (nSPS) is 10.7. The van der Waals surface area contributed by atoms with E-state index in [1.807, 2.05) is 0 Å². The minimum absolute atomic E-state index is 0.951. The van der Waals surface area contributed by atoms with Crippen molar-refractivity contribution in [3.63, 3.8) is 0 Å². The highest BCUT2D eigenvalue weighted by molar-refractivity contribution is 5.68. The second-order valence-corrected chi connectivity index (χ2v) is 4.98. The lowest BCUT2D eigenvalue weighted by molar-refractivity contribution is 0.726. The molecule has 1 heteroatoms. The summed E-state index contributed by atoms with van der Waals surface area (Å²) in [6.07, 6.45) is 1.09. The van der Waals surface area contributed by atoms with Crippen molar-refractivity contribution in [1.82, 2.24) is 5.32 Å². The lowest BCUT2D eigenvalue weighted by Gasteiger charge is -2.10. The average Bonchev–Trinajstić information content (AvgIpc) is 2.45. The Balaban J connectivity index is 2.29. The number of benzene rings is 2. The minimum atomic E-state index is 0.951. The Kier molecular flexibility index (Phi) is 4.75. The van der Waals surface area contributed by atoms with Crippen LogP contribution < -0.4 is 5.32 Å². The van der Waals surface area contributed by atoms with Gasteiger partial charge in [-0.2, -0.15) is 0 Å². The lowest BCUT2D eigenvalue weighted by atomic mass is 9.96. The molecule has 2 aromatic carbocycles. The Labute approximate surface area is 116 Å². The topological polar surface area (TPSA) is 12.0 Å². The van der Waals surface area contributed by atoms with Crippen molar-refractivity contribution in [2.45, 2.75) is 33.7 Å². The first-order chi connectivity index (χ1) is 9.24. The van der Waals surface area contributed by atoms with Crippen LogP contribution in [0.5, 0.6) is 0 Å². The zero-order valence-electron chi connectivity index (χ0n) is 12.2. The van der Waals surface area contributed by atoms with Crippen molar-refractivity contribution in [2.75, 3.05) is 6.54 Å². The van der Waals surface area contributed by atoms with E-state index >= 15 is 0 Å². The monoisotopic (exact) mass is 253 g/mol. The molecule has 2 aromatic rings. The molecule has 19 heavy (non-hydrogen) atoms. The molecule has 2 rings (SSSR count). The smallest absolute Gasteiger partial charge is 0.0205 e. The highest BCUT2D eigenvalue weighted by atomic mass is 14.8. The Bertz CT molecular complexity index is 543. The van der Waals surface area contributed by atoms with E-state index in [0.717, 1.165) is 19.5 Å². The van der Waals surface area contributed by atoms with Crippen molar-refractivity contribution in [2.24, 2.45) is 0 Å². The Morgan fingerprint density at radius 3 is 2.47 bits per heavy atom. The summed E-state index contributed by atoms with van der Waals surface area (Å²) < 4.78 is 0. The van der Waals surface area contributed by atoms with Crippen LogP contribution in [0.2, 0.25) is 0 Å². The molecule has 0 atom stereocenters. The summed E-state index contributed by atoms with van der Waals surface area (Å²) in [5.41, 5.74) is 6.77. The van der Waals surface area contributed by atoms with Gasteiger partial charge in [0.15, 0.2) is 0 Å². The summed E-state index contributed by atoms with van der Waals surface area (Å²) in [5.74, 6) is 0. The molecule has 0 heterocycles. The fourth-order valence-corrected chi connectivity index (χ4v) is 2.39. The Hall–Kier alpha value is -1.60. The van der Waals surface area contributed by atoms with Crippen molar-refractivity contribution < 1.29 is 0 Å². The van der Waals surface area contributed by atoms with Crippen LogP contribution in [0.25, 0.3) is 11.1 Å². The highest BCUT2D eigenvalue weighted by Gasteiger charge is 2.03. The van der Waals surface area contributed by atoms with Crippen LogP contribution in [0, 0.1) is 6.92 Å². The fraction of sp³-hybridized carbons (Fsp3) is 0.333. The molecular formula is C18H23N.